The molecule has 1 N–H and O–H groups in total. The van der Waals surface area contributed by atoms with E-state index in [9.17, 15) is 4.79 Å². The zero-order valence-corrected chi connectivity index (χ0v) is 10.5. The fraction of sp³-hybridized carbons (Fsp3) is 0.231. The van der Waals surface area contributed by atoms with Gasteiger partial charge < -0.3 is 14.5 Å². The molecule has 5 nitrogen and oxygen atoms in total. The molecule has 94 valence electrons. The molecule has 0 saturated heterocycles. The molecule has 0 unspecified atom stereocenters. The summed E-state index contributed by atoms with van der Waals surface area (Å²) < 4.78 is 10.3. The third-order valence-corrected chi connectivity index (χ3v) is 2.49. The van der Waals surface area contributed by atoms with E-state index in [1.165, 1.54) is 7.11 Å². The number of methoxy groups -OCH3 is 1. The van der Waals surface area contributed by atoms with E-state index in [1.807, 2.05) is 0 Å². The third-order valence-electron chi connectivity index (χ3n) is 2.49. The lowest BCUT2D eigenvalue weighted by Crippen LogP contribution is -2.12. The number of anilines is 1. The second kappa shape index (κ2) is 4.91. The zero-order valence-electron chi connectivity index (χ0n) is 10.5. The minimum Gasteiger partial charge on any atom is -0.481 e. The van der Waals surface area contributed by atoms with Crippen LogP contribution in [0.4, 0.5) is 5.69 Å². The van der Waals surface area contributed by atoms with Crippen LogP contribution in [0.2, 0.25) is 0 Å². The van der Waals surface area contributed by atoms with Crippen LogP contribution in [0.15, 0.2) is 28.8 Å². The second-order valence-corrected chi connectivity index (χ2v) is 3.87. The average Bonchev–Trinajstić information content (AvgIpc) is 2.69. The van der Waals surface area contributed by atoms with Crippen LogP contribution in [0.1, 0.15) is 21.9 Å². The van der Waals surface area contributed by atoms with Crippen LogP contribution >= 0.6 is 0 Å². The van der Waals surface area contributed by atoms with Crippen LogP contribution in [0.5, 0.6) is 5.88 Å². The first-order valence-corrected chi connectivity index (χ1v) is 5.48. The van der Waals surface area contributed by atoms with Crippen molar-refractivity contribution in [3.63, 3.8) is 0 Å². The fourth-order valence-corrected chi connectivity index (χ4v) is 1.63. The van der Waals surface area contributed by atoms with Crippen LogP contribution in [-0.2, 0) is 0 Å². The van der Waals surface area contributed by atoms with Gasteiger partial charge in [-0.15, -0.1) is 0 Å². The third kappa shape index (κ3) is 2.51. The van der Waals surface area contributed by atoms with Crippen LogP contribution in [0.3, 0.4) is 0 Å². The number of aromatic nitrogens is 1. The molecule has 0 aromatic carbocycles. The van der Waals surface area contributed by atoms with Gasteiger partial charge in [-0.1, -0.05) is 0 Å². The van der Waals surface area contributed by atoms with Gasteiger partial charge >= 0.3 is 0 Å². The van der Waals surface area contributed by atoms with E-state index in [4.69, 9.17) is 9.15 Å². The quantitative estimate of drug-likeness (QED) is 0.903. The summed E-state index contributed by atoms with van der Waals surface area (Å²) in [4.78, 5) is 16.0. The monoisotopic (exact) mass is 246 g/mol. The number of pyridine rings is 1. The van der Waals surface area contributed by atoms with Crippen molar-refractivity contribution in [2.24, 2.45) is 0 Å². The molecule has 2 heterocycles. The van der Waals surface area contributed by atoms with Gasteiger partial charge in [-0.3, -0.25) is 4.79 Å². The first-order valence-electron chi connectivity index (χ1n) is 5.48. The molecular weight excluding hydrogens is 232 g/mol. The van der Waals surface area contributed by atoms with Gasteiger partial charge in [0.2, 0.25) is 5.88 Å². The summed E-state index contributed by atoms with van der Waals surface area (Å²) in [5, 5.41) is 2.75. The molecule has 1 amide bonds. The number of nitrogens with one attached hydrogen (secondary N) is 1. The number of carbonyl (C=O) groups excluding carboxylic acids is 1. The van der Waals surface area contributed by atoms with Crippen LogP contribution < -0.4 is 10.1 Å². The van der Waals surface area contributed by atoms with Gasteiger partial charge in [0, 0.05) is 6.07 Å². The molecule has 0 fully saturated rings. The first kappa shape index (κ1) is 12.2. The molecule has 0 saturated carbocycles. The van der Waals surface area contributed by atoms with E-state index in [1.54, 1.807) is 38.2 Å². The van der Waals surface area contributed by atoms with Crippen molar-refractivity contribution < 1.29 is 13.9 Å². The number of hydrogen-bond donors (Lipinski definition) is 1. The van der Waals surface area contributed by atoms with E-state index in [-0.39, 0.29) is 5.91 Å². The van der Waals surface area contributed by atoms with Crippen LogP contribution in [-0.4, -0.2) is 18.0 Å². The standard InChI is InChI=1S/C13H14N2O3/c1-8-6-11(9(2)18-8)13(16)15-10-4-5-12(17-3)14-7-10/h4-7H,1-3H3,(H,15,16). The van der Waals surface area contributed by atoms with Crippen molar-refractivity contribution in [1.82, 2.24) is 4.98 Å². The Kier molecular flexibility index (Phi) is 3.32. The van der Waals surface area contributed by atoms with Crippen molar-refractivity contribution >= 4 is 11.6 Å². The van der Waals surface area contributed by atoms with Crippen molar-refractivity contribution in [1.29, 1.82) is 0 Å². The van der Waals surface area contributed by atoms with Gasteiger partial charge in [-0.25, -0.2) is 4.98 Å². The molecule has 0 aliphatic rings. The molecule has 18 heavy (non-hydrogen) atoms. The summed E-state index contributed by atoms with van der Waals surface area (Å²) in [6.07, 6.45) is 1.54. The summed E-state index contributed by atoms with van der Waals surface area (Å²) in [5.74, 6) is 1.61. The molecule has 2 aromatic heterocycles. The number of carbonyl (C=O) groups is 1. The lowest BCUT2D eigenvalue weighted by Gasteiger charge is -2.04. The van der Waals surface area contributed by atoms with E-state index in [0.717, 1.165) is 0 Å². The number of rotatable bonds is 3. The Hall–Kier alpha value is -2.30. The van der Waals surface area contributed by atoms with Crippen molar-refractivity contribution in [2.75, 3.05) is 12.4 Å². The topological polar surface area (TPSA) is 64.4 Å². The molecule has 5 heteroatoms. The number of furan rings is 1. The molecule has 0 atom stereocenters. The Bertz CT molecular complexity index is 558. The molecule has 0 aliphatic carbocycles. The van der Waals surface area contributed by atoms with Gasteiger partial charge in [0.1, 0.15) is 11.5 Å². The van der Waals surface area contributed by atoms with Crippen LogP contribution in [0.25, 0.3) is 0 Å². The number of amides is 1. The maximum absolute atomic E-state index is 12.0. The molecule has 2 aromatic rings. The highest BCUT2D eigenvalue weighted by molar-refractivity contribution is 6.04. The van der Waals surface area contributed by atoms with E-state index < -0.39 is 0 Å². The lowest BCUT2D eigenvalue weighted by atomic mass is 10.2. The maximum atomic E-state index is 12.0. The highest BCUT2D eigenvalue weighted by Gasteiger charge is 2.13. The van der Waals surface area contributed by atoms with Gasteiger partial charge in [-0.05, 0) is 26.0 Å². The summed E-state index contributed by atoms with van der Waals surface area (Å²) in [6, 6.07) is 5.12. The lowest BCUT2D eigenvalue weighted by molar-refractivity contribution is 0.102. The molecule has 2 rings (SSSR count). The Morgan fingerprint density at radius 3 is 2.67 bits per heavy atom. The number of nitrogens with zero attached hydrogens (tertiary/aromatic N) is 1. The Labute approximate surface area is 105 Å². The maximum Gasteiger partial charge on any atom is 0.259 e. The fourth-order valence-electron chi connectivity index (χ4n) is 1.63. The van der Waals surface area contributed by atoms with E-state index in [2.05, 4.69) is 10.3 Å². The zero-order chi connectivity index (χ0) is 13.1. The van der Waals surface area contributed by atoms with Crippen LogP contribution in [0, 0.1) is 13.8 Å². The first-order chi connectivity index (χ1) is 8.60. The normalized spacial score (nSPS) is 10.2. The minimum atomic E-state index is -0.212. The van der Waals surface area contributed by atoms with E-state index >= 15 is 0 Å². The van der Waals surface area contributed by atoms with Gasteiger partial charge in [0.05, 0.1) is 24.6 Å². The molecule has 0 bridgehead atoms. The number of ether oxygens (including phenoxy) is 1. The number of hydrogen-bond acceptors (Lipinski definition) is 4. The van der Waals surface area contributed by atoms with E-state index in [0.29, 0.717) is 28.7 Å². The Morgan fingerprint density at radius 2 is 2.17 bits per heavy atom. The van der Waals surface area contributed by atoms with Gasteiger partial charge in [-0.2, -0.15) is 0 Å². The highest BCUT2D eigenvalue weighted by Crippen LogP contribution is 2.16. The smallest absolute Gasteiger partial charge is 0.259 e. The molecule has 0 aliphatic heterocycles. The Balaban J connectivity index is 2.13. The van der Waals surface area contributed by atoms with Crippen molar-refractivity contribution in [3.8, 4) is 5.88 Å². The van der Waals surface area contributed by atoms with Crippen molar-refractivity contribution in [3.05, 3.63) is 41.5 Å². The second-order valence-electron chi connectivity index (χ2n) is 3.87. The SMILES string of the molecule is COc1ccc(NC(=O)c2cc(C)oc2C)cn1. The highest BCUT2D eigenvalue weighted by atomic mass is 16.5. The predicted octanol–water partition coefficient (Wildman–Crippen LogP) is 2.55. The molecule has 0 spiro atoms. The molecular formula is C13H14N2O3. The van der Waals surface area contributed by atoms with Gasteiger partial charge in [0.15, 0.2) is 0 Å². The molecule has 0 radical (unpaired) electrons. The Morgan fingerprint density at radius 1 is 1.39 bits per heavy atom. The average molecular weight is 246 g/mol. The van der Waals surface area contributed by atoms with Crippen molar-refractivity contribution in [2.45, 2.75) is 13.8 Å². The number of aryl methyl sites for hydroxylation is 2. The summed E-state index contributed by atoms with van der Waals surface area (Å²) in [7, 11) is 1.54. The summed E-state index contributed by atoms with van der Waals surface area (Å²) >= 11 is 0. The predicted molar refractivity (Wildman–Crippen MR) is 66.9 cm³/mol. The summed E-state index contributed by atoms with van der Waals surface area (Å²) in [5.41, 5.74) is 1.14. The van der Waals surface area contributed by atoms with Gasteiger partial charge in [0.25, 0.3) is 5.91 Å². The largest absolute Gasteiger partial charge is 0.481 e. The minimum absolute atomic E-state index is 0.212. The summed E-state index contributed by atoms with van der Waals surface area (Å²) in [6.45, 7) is 3.56.